The Bertz CT molecular complexity index is 438. The van der Waals surface area contributed by atoms with Gasteiger partial charge in [0.1, 0.15) is 6.61 Å². The average Bonchev–Trinajstić information content (AvgIpc) is 2.80. The number of hydrogen-bond acceptors (Lipinski definition) is 3. The fourth-order valence-corrected chi connectivity index (χ4v) is 2.61. The Hall–Kier alpha value is -1.23. The molecule has 5 heteroatoms. The number of hydrogen-bond donors (Lipinski definition) is 0. The summed E-state index contributed by atoms with van der Waals surface area (Å²) in [5.74, 6) is 2.08. The van der Waals surface area contributed by atoms with Gasteiger partial charge in [-0.3, -0.25) is 4.79 Å². The third-order valence-electron chi connectivity index (χ3n) is 3.20. The monoisotopic (exact) mass is 327 g/mol. The van der Waals surface area contributed by atoms with Crippen molar-refractivity contribution in [3.63, 3.8) is 0 Å². The number of likely N-dealkylation sites (tertiary alicyclic amines) is 1. The molecular weight excluding hydrogens is 310 g/mol. The SMILES string of the molecule is COc1ccccc1OCCN1CC(CBr)CC1=O. The summed E-state index contributed by atoms with van der Waals surface area (Å²) in [6.07, 6.45) is 0.639. The minimum atomic E-state index is 0.216. The summed E-state index contributed by atoms with van der Waals surface area (Å²) >= 11 is 3.43. The molecule has 0 spiro atoms. The van der Waals surface area contributed by atoms with Crippen LogP contribution in [0.2, 0.25) is 0 Å². The van der Waals surface area contributed by atoms with Crippen molar-refractivity contribution in [3.05, 3.63) is 24.3 Å². The zero-order valence-corrected chi connectivity index (χ0v) is 12.6. The van der Waals surface area contributed by atoms with Gasteiger partial charge in [0.2, 0.25) is 5.91 Å². The Balaban J connectivity index is 1.82. The summed E-state index contributed by atoms with van der Waals surface area (Å²) in [5.41, 5.74) is 0. The third-order valence-corrected chi connectivity index (χ3v) is 4.12. The molecule has 2 rings (SSSR count). The molecular formula is C14H18BrNO3. The fraction of sp³-hybridized carbons (Fsp3) is 0.500. The van der Waals surface area contributed by atoms with Crippen LogP contribution in [0.3, 0.4) is 0 Å². The lowest BCUT2D eigenvalue weighted by atomic mass is 10.2. The quantitative estimate of drug-likeness (QED) is 0.753. The second kappa shape index (κ2) is 6.80. The largest absolute Gasteiger partial charge is 0.493 e. The van der Waals surface area contributed by atoms with Crippen LogP contribution in [-0.2, 0) is 4.79 Å². The van der Waals surface area contributed by atoms with E-state index < -0.39 is 0 Å². The Morgan fingerprint density at radius 2 is 2.11 bits per heavy atom. The molecule has 0 aromatic heterocycles. The molecule has 1 heterocycles. The van der Waals surface area contributed by atoms with Gasteiger partial charge in [-0.15, -0.1) is 0 Å². The molecule has 0 saturated carbocycles. The predicted octanol–water partition coefficient (Wildman–Crippen LogP) is 2.32. The first-order valence-corrected chi connectivity index (χ1v) is 7.46. The van der Waals surface area contributed by atoms with Crippen molar-refractivity contribution in [1.82, 2.24) is 4.90 Å². The molecule has 0 N–H and O–H groups in total. The van der Waals surface area contributed by atoms with Gasteiger partial charge in [-0.05, 0) is 18.1 Å². The van der Waals surface area contributed by atoms with Crippen LogP contribution < -0.4 is 9.47 Å². The molecule has 0 bridgehead atoms. The van der Waals surface area contributed by atoms with Gasteiger partial charge >= 0.3 is 0 Å². The molecule has 19 heavy (non-hydrogen) atoms. The fourth-order valence-electron chi connectivity index (χ4n) is 2.18. The van der Waals surface area contributed by atoms with Crippen molar-refractivity contribution in [1.29, 1.82) is 0 Å². The van der Waals surface area contributed by atoms with Crippen LogP contribution >= 0.6 is 15.9 Å². The topological polar surface area (TPSA) is 38.8 Å². The molecule has 1 aliphatic rings. The molecule has 1 saturated heterocycles. The van der Waals surface area contributed by atoms with Crippen LogP contribution in [0.1, 0.15) is 6.42 Å². The van der Waals surface area contributed by atoms with Gasteiger partial charge in [-0.25, -0.2) is 0 Å². The van der Waals surface area contributed by atoms with Crippen molar-refractivity contribution in [2.24, 2.45) is 5.92 Å². The predicted molar refractivity (Wildman–Crippen MR) is 77.0 cm³/mol. The van der Waals surface area contributed by atoms with E-state index in [-0.39, 0.29) is 5.91 Å². The van der Waals surface area contributed by atoms with Crippen LogP contribution in [0, 0.1) is 5.92 Å². The Morgan fingerprint density at radius 3 is 2.74 bits per heavy atom. The summed E-state index contributed by atoms with van der Waals surface area (Å²) in [7, 11) is 1.62. The van der Waals surface area contributed by atoms with Gasteiger partial charge < -0.3 is 14.4 Å². The minimum absolute atomic E-state index is 0.216. The maximum atomic E-state index is 11.7. The highest BCUT2D eigenvalue weighted by Gasteiger charge is 2.28. The number of carbonyl (C=O) groups excluding carboxylic acids is 1. The van der Waals surface area contributed by atoms with E-state index in [4.69, 9.17) is 9.47 Å². The van der Waals surface area contributed by atoms with Crippen molar-refractivity contribution >= 4 is 21.8 Å². The second-order valence-electron chi connectivity index (χ2n) is 4.56. The Morgan fingerprint density at radius 1 is 1.37 bits per heavy atom. The minimum Gasteiger partial charge on any atom is -0.493 e. The van der Waals surface area contributed by atoms with E-state index in [1.807, 2.05) is 29.2 Å². The lowest BCUT2D eigenvalue weighted by Gasteiger charge is -2.17. The van der Waals surface area contributed by atoms with E-state index in [1.165, 1.54) is 0 Å². The van der Waals surface area contributed by atoms with Crippen LogP contribution in [-0.4, -0.2) is 42.9 Å². The lowest BCUT2D eigenvalue weighted by Crippen LogP contribution is -2.30. The van der Waals surface area contributed by atoms with E-state index >= 15 is 0 Å². The summed E-state index contributed by atoms with van der Waals surface area (Å²) in [6, 6.07) is 7.53. The molecule has 104 valence electrons. The molecule has 1 fully saturated rings. The summed E-state index contributed by atoms with van der Waals surface area (Å²) in [5, 5.41) is 0.878. The molecule has 0 radical (unpaired) electrons. The molecule has 1 unspecified atom stereocenters. The van der Waals surface area contributed by atoms with E-state index in [1.54, 1.807) is 7.11 Å². The van der Waals surface area contributed by atoms with E-state index in [0.29, 0.717) is 37.0 Å². The average molecular weight is 328 g/mol. The summed E-state index contributed by atoms with van der Waals surface area (Å²) < 4.78 is 10.9. The zero-order chi connectivity index (χ0) is 13.7. The summed E-state index contributed by atoms with van der Waals surface area (Å²) in [4.78, 5) is 13.6. The number of methoxy groups -OCH3 is 1. The number of rotatable bonds is 6. The van der Waals surface area contributed by atoms with Crippen molar-refractivity contribution in [2.45, 2.75) is 6.42 Å². The Kier molecular flexibility index (Phi) is 5.07. The first kappa shape index (κ1) is 14.2. The van der Waals surface area contributed by atoms with Gasteiger partial charge in [0.15, 0.2) is 11.5 Å². The number of carbonyl (C=O) groups is 1. The number of nitrogens with zero attached hydrogens (tertiary/aromatic N) is 1. The van der Waals surface area contributed by atoms with Crippen molar-refractivity contribution in [2.75, 3.05) is 32.1 Å². The van der Waals surface area contributed by atoms with Gasteiger partial charge in [0.25, 0.3) is 0 Å². The van der Waals surface area contributed by atoms with Crippen molar-refractivity contribution < 1.29 is 14.3 Å². The molecule has 1 amide bonds. The Labute approximate surface area is 121 Å². The number of amides is 1. The number of benzene rings is 1. The van der Waals surface area contributed by atoms with Crippen LogP contribution in [0.5, 0.6) is 11.5 Å². The van der Waals surface area contributed by atoms with Crippen LogP contribution in [0.15, 0.2) is 24.3 Å². The molecule has 1 aliphatic heterocycles. The van der Waals surface area contributed by atoms with E-state index in [2.05, 4.69) is 15.9 Å². The maximum Gasteiger partial charge on any atom is 0.223 e. The molecule has 1 aromatic carbocycles. The normalized spacial score (nSPS) is 18.7. The van der Waals surface area contributed by atoms with Gasteiger partial charge in [0.05, 0.1) is 13.7 Å². The van der Waals surface area contributed by atoms with Gasteiger partial charge in [0, 0.05) is 18.3 Å². The standard InChI is InChI=1S/C14H18BrNO3/c1-18-12-4-2-3-5-13(12)19-7-6-16-10-11(9-15)8-14(16)17/h2-5,11H,6-10H2,1H3. The highest BCUT2D eigenvalue weighted by molar-refractivity contribution is 9.09. The van der Waals surface area contributed by atoms with Crippen molar-refractivity contribution in [3.8, 4) is 11.5 Å². The van der Waals surface area contributed by atoms with Gasteiger partial charge in [-0.1, -0.05) is 28.1 Å². The molecule has 4 nitrogen and oxygen atoms in total. The smallest absolute Gasteiger partial charge is 0.223 e. The second-order valence-corrected chi connectivity index (χ2v) is 5.21. The van der Waals surface area contributed by atoms with Gasteiger partial charge in [-0.2, -0.15) is 0 Å². The zero-order valence-electron chi connectivity index (χ0n) is 11.0. The van der Waals surface area contributed by atoms with E-state index in [9.17, 15) is 4.79 Å². The number of alkyl halides is 1. The van der Waals surface area contributed by atoms with Crippen LogP contribution in [0.4, 0.5) is 0 Å². The first-order valence-electron chi connectivity index (χ1n) is 6.34. The number of para-hydroxylation sites is 2. The highest BCUT2D eigenvalue weighted by atomic mass is 79.9. The summed E-state index contributed by atoms with van der Waals surface area (Å²) in [6.45, 7) is 1.93. The maximum absolute atomic E-state index is 11.7. The number of halogens is 1. The number of ether oxygens (including phenoxy) is 2. The lowest BCUT2D eigenvalue weighted by molar-refractivity contribution is -0.128. The molecule has 0 aliphatic carbocycles. The van der Waals surface area contributed by atoms with Crippen LogP contribution in [0.25, 0.3) is 0 Å². The third kappa shape index (κ3) is 3.62. The van der Waals surface area contributed by atoms with E-state index in [0.717, 1.165) is 11.9 Å². The first-order chi connectivity index (χ1) is 9.24. The molecule has 1 atom stereocenters. The highest BCUT2D eigenvalue weighted by Crippen LogP contribution is 2.26. The molecule has 1 aromatic rings.